The van der Waals surface area contributed by atoms with Gasteiger partial charge in [-0.2, -0.15) is 0 Å². The third-order valence-corrected chi connectivity index (χ3v) is 8.80. The Bertz CT molecular complexity index is 1120. The van der Waals surface area contributed by atoms with Crippen LogP contribution in [-0.2, 0) is 11.2 Å². The van der Waals surface area contributed by atoms with E-state index in [4.69, 9.17) is 4.74 Å². The van der Waals surface area contributed by atoms with Crippen molar-refractivity contribution in [3.05, 3.63) is 59.2 Å². The van der Waals surface area contributed by atoms with Gasteiger partial charge in [0.15, 0.2) is 0 Å². The molecule has 198 valence electrons. The van der Waals surface area contributed by atoms with Crippen LogP contribution in [0, 0.1) is 12.3 Å². The molecule has 0 N–H and O–H groups in total. The Labute approximate surface area is 221 Å². The number of carbonyl (C=O) groups is 2. The van der Waals surface area contributed by atoms with Gasteiger partial charge in [0, 0.05) is 44.5 Å². The van der Waals surface area contributed by atoms with Crippen LogP contribution in [0.3, 0.4) is 0 Å². The molecule has 2 saturated heterocycles. The molecule has 1 spiro atoms. The number of rotatable bonds is 2. The summed E-state index contributed by atoms with van der Waals surface area (Å²) in [6.07, 6.45) is 7.76. The minimum Gasteiger partial charge on any atom is -0.491 e. The molecule has 3 heterocycles. The van der Waals surface area contributed by atoms with Crippen LogP contribution < -0.4 is 9.64 Å². The van der Waals surface area contributed by atoms with Crippen molar-refractivity contribution in [2.75, 3.05) is 51.3 Å². The van der Waals surface area contributed by atoms with E-state index in [2.05, 4.69) is 30.0 Å². The molecule has 2 fully saturated rings. The Morgan fingerprint density at radius 2 is 1.62 bits per heavy atom. The molecule has 3 aliphatic rings. The number of hydrogen-bond donors (Lipinski definition) is 0. The summed E-state index contributed by atoms with van der Waals surface area (Å²) in [4.78, 5) is 33.6. The lowest BCUT2D eigenvalue weighted by Gasteiger charge is -2.43. The van der Waals surface area contributed by atoms with Gasteiger partial charge in [0.1, 0.15) is 12.4 Å². The molecule has 0 saturated carbocycles. The number of para-hydroxylation sites is 1. The maximum Gasteiger partial charge on any atom is 0.254 e. The van der Waals surface area contributed by atoms with E-state index in [-0.39, 0.29) is 11.8 Å². The minimum absolute atomic E-state index is 0.104. The van der Waals surface area contributed by atoms with Crippen LogP contribution in [0.5, 0.6) is 5.75 Å². The molecule has 2 aromatic carbocycles. The Hall–Kier alpha value is -3.02. The van der Waals surface area contributed by atoms with E-state index in [1.165, 1.54) is 24.1 Å². The SMILES string of the molecule is Cc1c(C(=O)N2CCC3(CCCCc4ccccc4OCCN(C)C3=O)CC2)cccc1N1CCCC1. The fourth-order valence-electron chi connectivity index (χ4n) is 6.46. The van der Waals surface area contributed by atoms with E-state index in [0.29, 0.717) is 26.2 Å². The number of hydrogen-bond acceptors (Lipinski definition) is 4. The van der Waals surface area contributed by atoms with E-state index in [0.717, 1.165) is 68.5 Å². The number of likely N-dealkylation sites (N-methyl/N-ethyl adjacent to an activating group) is 1. The highest BCUT2D eigenvalue weighted by molar-refractivity contribution is 5.97. The van der Waals surface area contributed by atoms with Gasteiger partial charge in [-0.05, 0) is 81.2 Å². The van der Waals surface area contributed by atoms with E-state index in [1.807, 2.05) is 41.1 Å². The monoisotopic (exact) mass is 503 g/mol. The molecule has 0 aliphatic carbocycles. The molecule has 0 atom stereocenters. The summed E-state index contributed by atoms with van der Waals surface area (Å²) >= 11 is 0. The van der Waals surface area contributed by atoms with E-state index in [1.54, 1.807) is 0 Å². The van der Waals surface area contributed by atoms with Gasteiger partial charge in [0.2, 0.25) is 5.91 Å². The van der Waals surface area contributed by atoms with Gasteiger partial charge in [-0.1, -0.05) is 30.7 Å². The number of likely N-dealkylation sites (tertiary alicyclic amines) is 1. The average molecular weight is 504 g/mol. The van der Waals surface area contributed by atoms with Gasteiger partial charge in [0.25, 0.3) is 5.91 Å². The fraction of sp³-hybridized carbons (Fsp3) is 0.548. The Balaban J connectivity index is 1.28. The summed E-state index contributed by atoms with van der Waals surface area (Å²) in [6.45, 7) is 6.54. The van der Waals surface area contributed by atoms with Crippen LogP contribution in [0.15, 0.2) is 42.5 Å². The molecule has 0 unspecified atom stereocenters. The standard InChI is InChI=1S/C31H41N3O3/c1-24-26(12-9-13-27(24)33-18-7-8-19-33)29(35)34-20-16-31(17-21-34)15-6-5-11-25-10-3-4-14-28(25)37-23-22-32(2)30(31)36/h3-4,9-10,12-14H,5-8,11,15-23H2,1-2H3. The summed E-state index contributed by atoms with van der Waals surface area (Å²) in [7, 11) is 1.90. The fourth-order valence-corrected chi connectivity index (χ4v) is 6.46. The van der Waals surface area contributed by atoms with E-state index >= 15 is 0 Å². The van der Waals surface area contributed by atoms with Gasteiger partial charge < -0.3 is 19.4 Å². The van der Waals surface area contributed by atoms with Crippen molar-refractivity contribution in [3.8, 4) is 5.75 Å². The van der Waals surface area contributed by atoms with Gasteiger partial charge in [0.05, 0.1) is 12.0 Å². The second-order valence-electron chi connectivity index (χ2n) is 11.1. The average Bonchev–Trinajstić information content (AvgIpc) is 3.46. The molecular weight excluding hydrogens is 462 g/mol. The van der Waals surface area contributed by atoms with Crippen LogP contribution in [0.1, 0.15) is 66.4 Å². The number of ether oxygens (including phenoxy) is 1. The molecule has 37 heavy (non-hydrogen) atoms. The molecule has 0 radical (unpaired) electrons. The highest BCUT2D eigenvalue weighted by atomic mass is 16.5. The summed E-state index contributed by atoms with van der Waals surface area (Å²) in [6, 6.07) is 14.4. The van der Waals surface area contributed by atoms with Gasteiger partial charge in [-0.15, -0.1) is 0 Å². The van der Waals surface area contributed by atoms with Gasteiger partial charge in [-0.25, -0.2) is 0 Å². The lowest BCUT2D eigenvalue weighted by Crippen LogP contribution is -2.51. The highest BCUT2D eigenvalue weighted by Gasteiger charge is 2.43. The van der Waals surface area contributed by atoms with Crippen LogP contribution >= 0.6 is 0 Å². The topological polar surface area (TPSA) is 53.1 Å². The molecule has 5 rings (SSSR count). The van der Waals surface area contributed by atoms with Crippen LogP contribution in [0.4, 0.5) is 5.69 Å². The lowest BCUT2D eigenvalue weighted by molar-refractivity contribution is -0.144. The summed E-state index contributed by atoms with van der Waals surface area (Å²) in [5.74, 6) is 1.26. The summed E-state index contributed by atoms with van der Waals surface area (Å²) < 4.78 is 6.06. The molecule has 6 heteroatoms. The first-order chi connectivity index (χ1) is 18.0. The van der Waals surface area contributed by atoms with Crippen molar-refractivity contribution < 1.29 is 14.3 Å². The smallest absolute Gasteiger partial charge is 0.254 e. The van der Waals surface area contributed by atoms with Crippen LogP contribution in [0.2, 0.25) is 0 Å². The molecule has 2 aromatic rings. The number of amides is 2. The number of fused-ring (bicyclic) bond motifs is 1. The first-order valence-electron chi connectivity index (χ1n) is 14.1. The van der Waals surface area contributed by atoms with E-state index in [9.17, 15) is 9.59 Å². The number of benzene rings is 2. The van der Waals surface area contributed by atoms with Crippen molar-refractivity contribution >= 4 is 17.5 Å². The van der Waals surface area contributed by atoms with Crippen molar-refractivity contribution in [1.29, 1.82) is 0 Å². The molecule has 0 aromatic heterocycles. The predicted molar refractivity (Wildman–Crippen MR) is 147 cm³/mol. The van der Waals surface area contributed by atoms with Crippen LogP contribution in [-0.4, -0.2) is 68.0 Å². The number of piperidine rings is 1. The van der Waals surface area contributed by atoms with Gasteiger partial charge >= 0.3 is 0 Å². The Kier molecular flexibility index (Phi) is 7.73. The lowest BCUT2D eigenvalue weighted by atomic mass is 9.73. The predicted octanol–water partition coefficient (Wildman–Crippen LogP) is 5.08. The third-order valence-electron chi connectivity index (χ3n) is 8.80. The largest absolute Gasteiger partial charge is 0.491 e. The van der Waals surface area contributed by atoms with Crippen molar-refractivity contribution in [2.45, 2.75) is 58.3 Å². The number of nitrogens with zero attached hydrogens (tertiary/aromatic N) is 3. The Morgan fingerprint density at radius 1 is 0.865 bits per heavy atom. The summed E-state index contributed by atoms with van der Waals surface area (Å²) in [5.41, 5.74) is 3.93. The molecule has 0 bridgehead atoms. The molecule has 3 aliphatic heterocycles. The maximum atomic E-state index is 13.7. The zero-order chi connectivity index (χ0) is 25.8. The first-order valence-corrected chi connectivity index (χ1v) is 14.1. The number of carbonyl (C=O) groups excluding carboxylic acids is 2. The van der Waals surface area contributed by atoms with Crippen molar-refractivity contribution in [2.24, 2.45) is 5.41 Å². The van der Waals surface area contributed by atoms with Crippen LogP contribution in [0.25, 0.3) is 0 Å². The zero-order valence-electron chi connectivity index (χ0n) is 22.5. The highest BCUT2D eigenvalue weighted by Crippen LogP contribution is 2.40. The molecule has 6 nitrogen and oxygen atoms in total. The first kappa shape index (κ1) is 25.6. The Morgan fingerprint density at radius 3 is 2.41 bits per heavy atom. The molecular formula is C31H41N3O3. The zero-order valence-corrected chi connectivity index (χ0v) is 22.5. The maximum absolute atomic E-state index is 13.7. The summed E-state index contributed by atoms with van der Waals surface area (Å²) in [5, 5.41) is 0. The second-order valence-corrected chi connectivity index (χ2v) is 11.1. The third kappa shape index (κ3) is 5.34. The quantitative estimate of drug-likeness (QED) is 0.574. The minimum atomic E-state index is -0.392. The van der Waals surface area contributed by atoms with Gasteiger partial charge in [-0.3, -0.25) is 9.59 Å². The van der Waals surface area contributed by atoms with E-state index < -0.39 is 5.41 Å². The molecule has 2 amide bonds. The number of aryl methyl sites for hydroxylation is 1. The second kappa shape index (κ2) is 11.2. The number of anilines is 1. The normalized spacial score (nSPS) is 20.7. The van der Waals surface area contributed by atoms with Crippen molar-refractivity contribution in [1.82, 2.24) is 9.80 Å². The van der Waals surface area contributed by atoms with Crippen molar-refractivity contribution in [3.63, 3.8) is 0 Å².